The number of ether oxygens (including phenoxy) is 1. The van der Waals surface area contributed by atoms with Crippen LogP contribution in [0.3, 0.4) is 0 Å². The summed E-state index contributed by atoms with van der Waals surface area (Å²) in [6.45, 7) is 0. The van der Waals surface area contributed by atoms with Crippen LogP contribution in [0.4, 0.5) is 0 Å². The van der Waals surface area contributed by atoms with Crippen molar-refractivity contribution in [3.05, 3.63) is 11.6 Å². The Balaban J connectivity index is 2.80. The van der Waals surface area contributed by atoms with E-state index in [2.05, 4.69) is 20.7 Å². The van der Waals surface area contributed by atoms with Gasteiger partial charge in [0.05, 0.1) is 5.57 Å². The van der Waals surface area contributed by atoms with Gasteiger partial charge in [0.2, 0.25) is 0 Å². The summed E-state index contributed by atoms with van der Waals surface area (Å²) < 4.78 is 4.16. The second-order valence-electron chi connectivity index (χ2n) is 1.51. The monoisotopic (exact) mass is 190 g/mol. The van der Waals surface area contributed by atoms with Crippen molar-refractivity contribution in [2.24, 2.45) is 0 Å². The topological polar surface area (TPSA) is 43.4 Å². The highest BCUT2D eigenvalue weighted by atomic mass is 79.9. The standard InChI is InChI=1S/C5H3BrO3/c6-2-3-1-4(7)9-5(3)8/h1H,2H2. The fourth-order valence-electron chi connectivity index (χ4n) is 0.481. The maximum Gasteiger partial charge on any atom is 0.343 e. The van der Waals surface area contributed by atoms with Crippen LogP contribution < -0.4 is 0 Å². The van der Waals surface area contributed by atoms with Gasteiger partial charge in [-0.05, 0) is 0 Å². The van der Waals surface area contributed by atoms with Crippen LogP contribution in [0, 0.1) is 0 Å². The second kappa shape index (κ2) is 2.31. The molecule has 0 fully saturated rings. The zero-order valence-electron chi connectivity index (χ0n) is 4.39. The van der Waals surface area contributed by atoms with Crippen molar-refractivity contribution in [3.63, 3.8) is 0 Å². The van der Waals surface area contributed by atoms with E-state index in [1.165, 1.54) is 6.08 Å². The Morgan fingerprint density at radius 2 is 2.22 bits per heavy atom. The highest BCUT2D eigenvalue weighted by Crippen LogP contribution is 2.09. The van der Waals surface area contributed by atoms with E-state index in [1.807, 2.05) is 0 Å². The zero-order chi connectivity index (χ0) is 6.85. The predicted molar refractivity (Wildman–Crippen MR) is 33.0 cm³/mol. The first-order valence-electron chi connectivity index (χ1n) is 2.26. The molecule has 0 aromatic rings. The molecule has 0 bridgehead atoms. The SMILES string of the molecule is O=C1C=C(CBr)C(=O)O1. The highest BCUT2D eigenvalue weighted by molar-refractivity contribution is 9.09. The maximum absolute atomic E-state index is 10.5. The number of halogens is 1. The molecule has 0 aromatic carbocycles. The normalized spacial score (nSPS) is 17.7. The van der Waals surface area contributed by atoms with Gasteiger partial charge in [-0.1, -0.05) is 15.9 Å². The molecule has 1 aliphatic heterocycles. The van der Waals surface area contributed by atoms with Crippen LogP contribution in [0.25, 0.3) is 0 Å². The minimum absolute atomic E-state index is 0.373. The molecule has 0 aromatic heterocycles. The number of carbonyl (C=O) groups is 2. The molecule has 0 saturated heterocycles. The summed E-state index contributed by atoms with van der Waals surface area (Å²) in [5, 5.41) is 0.373. The Labute approximate surface area is 59.8 Å². The summed E-state index contributed by atoms with van der Waals surface area (Å²) in [5.74, 6) is -1.12. The van der Waals surface area contributed by atoms with Gasteiger partial charge < -0.3 is 4.74 Å². The van der Waals surface area contributed by atoms with Crippen LogP contribution in [-0.4, -0.2) is 17.3 Å². The van der Waals surface area contributed by atoms with Crippen molar-refractivity contribution >= 4 is 27.9 Å². The maximum atomic E-state index is 10.5. The van der Waals surface area contributed by atoms with Gasteiger partial charge >= 0.3 is 11.9 Å². The smallest absolute Gasteiger partial charge is 0.343 e. The molecule has 3 nitrogen and oxygen atoms in total. The average molecular weight is 191 g/mol. The number of hydrogen-bond acceptors (Lipinski definition) is 3. The first-order chi connectivity index (χ1) is 4.24. The summed E-state index contributed by atoms with van der Waals surface area (Å²) in [6, 6.07) is 0. The number of alkyl halides is 1. The molecule has 0 atom stereocenters. The molecule has 48 valence electrons. The number of carbonyl (C=O) groups excluding carboxylic acids is 2. The molecular weight excluding hydrogens is 188 g/mol. The first-order valence-corrected chi connectivity index (χ1v) is 3.39. The average Bonchev–Trinajstić information content (AvgIpc) is 2.10. The molecule has 1 rings (SSSR count). The Bertz CT molecular complexity index is 194. The third-order valence-corrected chi connectivity index (χ3v) is 1.50. The Morgan fingerprint density at radius 1 is 1.56 bits per heavy atom. The lowest BCUT2D eigenvalue weighted by Gasteiger charge is -1.87. The molecule has 0 spiro atoms. The Hall–Kier alpha value is -0.640. The van der Waals surface area contributed by atoms with E-state index in [0.717, 1.165) is 0 Å². The fourth-order valence-corrected chi connectivity index (χ4v) is 0.871. The predicted octanol–water partition coefficient (Wildman–Crippen LogP) is 0.391. The van der Waals surface area contributed by atoms with E-state index in [9.17, 15) is 9.59 Å². The molecule has 1 heterocycles. The molecule has 9 heavy (non-hydrogen) atoms. The van der Waals surface area contributed by atoms with Gasteiger partial charge in [-0.15, -0.1) is 0 Å². The number of esters is 2. The van der Waals surface area contributed by atoms with Crippen molar-refractivity contribution in [3.8, 4) is 0 Å². The van der Waals surface area contributed by atoms with Gasteiger partial charge in [0.25, 0.3) is 0 Å². The summed E-state index contributed by atoms with van der Waals surface area (Å²) in [4.78, 5) is 20.8. The molecule has 0 radical (unpaired) electrons. The van der Waals surface area contributed by atoms with E-state index in [-0.39, 0.29) is 0 Å². The lowest BCUT2D eigenvalue weighted by atomic mass is 10.3. The molecule has 1 aliphatic rings. The third-order valence-electron chi connectivity index (χ3n) is 0.892. The van der Waals surface area contributed by atoms with Gasteiger partial charge in [-0.3, -0.25) is 0 Å². The van der Waals surface area contributed by atoms with E-state index < -0.39 is 11.9 Å². The van der Waals surface area contributed by atoms with Crippen LogP contribution in [0.2, 0.25) is 0 Å². The quantitative estimate of drug-likeness (QED) is 0.342. The first kappa shape index (κ1) is 6.48. The highest BCUT2D eigenvalue weighted by Gasteiger charge is 2.21. The largest absolute Gasteiger partial charge is 0.386 e. The molecular formula is C5H3BrO3. The van der Waals surface area contributed by atoms with E-state index >= 15 is 0 Å². The number of rotatable bonds is 1. The van der Waals surface area contributed by atoms with Gasteiger partial charge in [0.15, 0.2) is 0 Å². The molecule has 4 heteroatoms. The number of cyclic esters (lactones) is 2. The van der Waals surface area contributed by atoms with Crippen molar-refractivity contribution in [1.29, 1.82) is 0 Å². The van der Waals surface area contributed by atoms with Gasteiger partial charge in [0.1, 0.15) is 0 Å². The molecule has 0 unspecified atom stereocenters. The van der Waals surface area contributed by atoms with E-state index in [1.54, 1.807) is 0 Å². The summed E-state index contributed by atoms with van der Waals surface area (Å²) in [6.07, 6.45) is 1.18. The summed E-state index contributed by atoms with van der Waals surface area (Å²) in [7, 11) is 0. The Kier molecular flexibility index (Phi) is 1.66. The zero-order valence-corrected chi connectivity index (χ0v) is 5.97. The van der Waals surface area contributed by atoms with Crippen molar-refractivity contribution in [2.45, 2.75) is 0 Å². The fraction of sp³-hybridized carbons (Fsp3) is 0.200. The number of hydrogen-bond donors (Lipinski definition) is 0. The van der Waals surface area contributed by atoms with Crippen LogP contribution in [0.15, 0.2) is 11.6 Å². The van der Waals surface area contributed by atoms with Crippen LogP contribution >= 0.6 is 15.9 Å². The Morgan fingerprint density at radius 3 is 2.44 bits per heavy atom. The lowest BCUT2D eigenvalue weighted by molar-refractivity contribution is -0.150. The van der Waals surface area contributed by atoms with Crippen molar-refractivity contribution in [1.82, 2.24) is 0 Å². The molecule has 0 amide bonds. The summed E-state index contributed by atoms with van der Waals surface area (Å²) >= 11 is 3.02. The summed E-state index contributed by atoms with van der Waals surface area (Å²) in [5.41, 5.74) is 0.375. The lowest BCUT2D eigenvalue weighted by Crippen LogP contribution is -2.01. The van der Waals surface area contributed by atoms with Crippen molar-refractivity contribution < 1.29 is 14.3 Å². The molecule has 0 saturated carbocycles. The molecule has 0 aliphatic carbocycles. The third kappa shape index (κ3) is 1.18. The van der Waals surface area contributed by atoms with E-state index in [0.29, 0.717) is 10.9 Å². The van der Waals surface area contributed by atoms with Gasteiger partial charge in [-0.25, -0.2) is 9.59 Å². The second-order valence-corrected chi connectivity index (χ2v) is 2.07. The van der Waals surface area contributed by atoms with Crippen LogP contribution in [0.5, 0.6) is 0 Å². The van der Waals surface area contributed by atoms with Crippen LogP contribution in [0.1, 0.15) is 0 Å². The van der Waals surface area contributed by atoms with E-state index in [4.69, 9.17) is 0 Å². The van der Waals surface area contributed by atoms with Crippen molar-refractivity contribution in [2.75, 3.05) is 5.33 Å². The van der Waals surface area contributed by atoms with Crippen LogP contribution in [-0.2, 0) is 14.3 Å². The molecule has 0 N–H and O–H groups in total. The van der Waals surface area contributed by atoms with Gasteiger partial charge in [-0.2, -0.15) is 0 Å². The minimum Gasteiger partial charge on any atom is -0.386 e. The van der Waals surface area contributed by atoms with Gasteiger partial charge in [0, 0.05) is 11.4 Å². The minimum atomic E-state index is -0.575.